The first kappa shape index (κ1) is 23.3. The molecule has 5 rings (SSSR count). The summed E-state index contributed by atoms with van der Waals surface area (Å²) in [6, 6.07) is 25.1. The molecule has 4 aromatic rings. The second-order valence-electron chi connectivity index (χ2n) is 8.67. The molecular weight excluding hydrogens is 448 g/mol. The van der Waals surface area contributed by atoms with E-state index in [4.69, 9.17) is 9.47 Å². The minimum Gasteiger partial charge on any atom is -0.490 e. The van der Waals surface area contributed by atoms with E-state index in [9.17, 15) is 9.59 Å². The molecule has 4 nitrogen and oxygen atoms in total. The molecule has 0 amide bonds. The molecule has 4 heteroatoms. The SMILES string of the molecule is C=CCc1cc(C=C2C(=O)c3ccccc3C2=O)cc(OCC)c1OCc1ccc2ccccc2c1. The number of rotatable bonds is 8. The standard InChI is InChI=1S/C32H26O4/c1-3-9-25-17-22(18-28-30(33)26-12-7-8-13-27(26)31(28)34)19-29(35-4-2)32(25)36-20-21-14-15-23-10-5-6-11-24(23)16-21/h3,5-8,10-19H,1,4,9,20H2,2H3. The Kier molecular flexibility index (Phi) is 6.50. The van der Waals surface area contributed by atoms with Crippen LogP contribution in [0.5, 0.6) is 11.5 Å². The van der Waals surface area contributed by atoms with E-state index in [-0.39, 0.29) is 17.1 Å². The summed E-state index contributed by atoms with van der Waals surface area (Å²) in [7, 11) is 0. The van der Waals surface area contributed by atoms with Gasteiger partial charge in [0.1, 0.15) is 6.61 Å². The Balaban J connectivity index is 1.49. The first-order chi connectivity index (χ1) is 17.6. The van der Waals surface area contributed by atoms with E-state index >= 15 is 0 Å². The lowest BCUT2D eigenvalue weighted by atomic mass is 10.0. The lowest BCUT2D eigenvalue weighted by Gasteiger charge is -2.17. The van der Waals surface area contributed by atoms with E-state index in [0.29, 0.717) is 47.8 Å². The smallest absolute Gasteiger partial charge is 0.197 e. The number of fused-ring (bicyclic) bond motifs is 2. The van der Waals surface area contributed by atoms with Crippen LogP contribution in [-0.4, -0.2) is 18.2 Å². The van der Waals surface area contributed by atoms with Crippen molar-refractivity contribution in [2.45, 2.75) is 20.0 Å². The third-order valence-electron chi connectivity index (χ3n) is 6.23. The molecule has 0 spiro atoms. The van der Waals surface area contributed by atoms with Crippen molar-refractivity contribution in [2.24, 2.45) is 0 Å². The van der Waals surface area contributed by atoms with E-state index in [2.05, 4.69) is 36.9 Å². The fourth-order valence-electron chi connectivity index (χ4n) is 4.55. The third kappa shape index (κ3) is 4.46. The van der Waals surface area contributed by atoms with Gasteiger partial charge in [0.2, 0.25) is 0 Å². The Morgan fingerprint density at radius 1 is 0.806 bits per heavy atom. The fraction of sp³-hybridized carbons (Fsp3) is 0.125. The van der Waals surface area contributed by atoms with Crippen LogP contribution in [0.4, 0.5) is 0 Å². The molecule has 0 unspecified atom stereocenters. The third-order valence-corrected chi connectivity index (χ3v) is 6.23. The number of carbonyl (C=O) groups excluding carboxylic acids is 2. The van der Waals surface area contributed by atoms with Crippen LogP contribution >= 0.6 is 0 Å². The second kappa shape index (κ2) is 10.0. The minimum atomic E-state index is -0.254. The zero-order valence-corrected chi connectivity index (χ0v) is 20.1. The van der Waals surface area contributed by atoms with Crippen LogP contribution in [0.2, 0.25) is 0 Å². The maximum absolute atomic E-state index is 12.9. The van der Waals surface area contributed by atoms with Crippen molar-refractivity contribution in [3.05, 3.63) is 125 Å². The Bertz CT molecular complexity index is 1490. The Hall–Kier alpha value is -4.44. The highest BCUT2D eigenvalue weighted by Crippen LogP contribution is 2.36. The van der Waals surface area contributed by atoms with Crippen LogP contribution in [0, 0.1) is 0 Å². The van der Waals surface area contributed by atoms with Crippen molar-refractivity contribution in [1.29, 1.82) is 0 Å². The summed E-state index contributed by atoms with van der Waals surface area (Å²) in [4.78, 5) is 25.8. The Morgan fingerprint density at radius 3 is 2.19 bits per heavy atom. The fourth-order valence-corrected chi connectivity index (χ4v) is 4.55. The molecule has 0 N–H and O–H groups in total. The zero-order valence-electron chi connectivity index (χ0n) is 20.1. The minimum absolute atomic E-state index is 0.160. The number of benzene rings is 4. The summed E-state index contributed by atoms with van der Waals surface area (Å²) in [5.41, 5.74) is 3.68. The Labute approximate surface area is 210 Å². The summed E-state index contributed by atoms with van der Waals surface area (Å²) in [5.74, 6) is 0.699. The lowest BCUT2D eigenvalue weighted by Crippen LogP contribution is -2.04. The van der Waals surface area contributed by atoms with Crippen LogP contribution in [-0.2, 0) is 13.0 Å². The maximum atomic E-state index is 12.9. The number of hydrogen-bond donors (Lipinski definition) is 0. The van der Waals surface area contributed by atoms with Crippen molar-refractivity contribution in [2.75, 3.05) is 6.61 Å². The van der Waals surface area contributed by atoms with Gasteiger partial charge in [-0.1, -0.05) is 66.7 Å². The molecule has 0 aromatic heterocycles. The molecular formula is C32H26O4. The van der Waals surface area contributed by atoms with Gasteiger partial charge in [-0.05, 0) is 59.5 Å². The second-order valence-corrected chi connectivity index (χ2v) is 8.67. The first-order valence-corrected chi connectivity index (χ1v) is 12.0. The van der Waals surface area contributed by atoms with Crippen molar-refractivity contribution >= 4 is 28.4 Å². The van der Waals surface area contributed by atoms with Crippen LogP contribution in [0.3, 0.4) is 0 Å². The summed E-state index contributed by atoms with van der Waals surface area (Å²) in [6.07, 6.45) is 3.99. The van der Waals surface area contributed by atoms with Gasteiger partial charge in [0.25, 0.3) is 0 Å². The van der Waals surface area contributed by atoms with Crippen LogP contribution in [0.25, 0.3) is 16.8 Å². The van der Waals surface area contributed by atoms with E-state index in [1.807, 2.05) is 31.2 Å². The van der Waals surface area contributed by atoms with Crippen molar-refractivity contribution in [3.63, 3.8) is 0 Å². The topological polar surface area (TPSA) is 52.6 Å². The van der Waals surface area contributed by atoms with E-state index in [1.165, 1.54) is 5.39 Å². The van der Waals surface area contributed by atoms with Crippen LogP contribution < -0.4 is 9.47 Å². The predicted octanol–water partition coefficient (Wildman–Crippen LogP) is 7.01. The van der Waals surface area contributed by atoms with E-state index < -0.39 is 0 Å². The summed E-state index contributed by atoms with van der Waals surface area (Å²) >= 11 is 0. The molecule has 0 fully saturated rings. The van der Waals surface area contributed by atoms with E-state index in [0.717, 1.165) is 16.5 Å². The zero-order chi connectivity index (χ0) is 25.1. The molecule has 4 aromatic carbocycles. The highest BCUT2D eigenvalue weighted by Gasteiger charge is 2.32. The van der Waals surface area contributed by atoms with Gasteiger partial charge in [-0.3, -0.25) is 9.59 Å². The number of ether oxygens (including phenoxy) is 2. The molecule has 178 valence electrons. The van der Waals surface area contributed by atoms with Gasteiger partial charge < -0.3 is 9.47 Å². The quantitative estimate of drug-likeness (QED) is 0.157. The molecule has 0 aliphatic heterocycles. The number of Topliss-reactive ketones (excluding diaryl/α,β-unsaturated/α-hetero) is 2. The average molecular weight is 475 g/mol. The molecule has 36 heavy (non-hydrogen) atoms. The largest absolute Gasteiger partial charge is 0.490 e. The predicted molar refractivity (Wildman–Crippen MR) is 143 cm³/mol. The molecule has 0 saturated carbocycles. The highest BCUT2D eigenvalue weighted by molar-refractivity contribution is 6.41. The molecule has 0 saturated heterocycles. The maximum Gasteiger partial charge on any atom is 0.197 e. The van der Waals surface area contributed by atoms with Crippen molar-refractivity contribution < 1.29 is 19.1 Å². The normalized spacial score (nSPS) is 12.5. The summed E-state index contributed by atoms with van der Waals surface area (Å²) < 4.78 is 12.2. The van der Waals surface area contributed by atoms with Crippen molar-refractivity contribution in [3.8, 4) is 11.5 Å². The lowest BCUT2D eigenvalue weighted by molar-refractivity contribution is 0.0990. The molecule has 1 aliphatic carbocycles. The van der Waals surface area contributed by atoms with E-state index in [1.54, 1.807) is 36.4 Å². The van der Waals surface area contributed by atoms with Gasteiger partial charge in [-0.25, -0.2) is 0 Å². The van der Waals surface area contributed by atoms with Gasteiger partial charge in [0, 0.05) is 16.7 Å². The van der Waals surface area contributed by atoms with Crippen LogP contribution in [0.1, 0.15) is 44.3 Å². The molecule has 1 aliphatic rings. The number of carbonyl (C=O) groups is 2. The number of allylic oxidation sites excluding steroid dienone is 2. The Morgan fingerprint density at radius 2 is 1.50 bits per heavy atom. The first-order valence-electron chi connectivity index (χ1n) is 12.0. The van der Waals surface area contributed by atoms with Crippen LogP contribution in [0.15, 0.2) is 97.1 Å². The van der Waals surface area contributed by atoms with Crippen molar-refractivity contribution in [1.82, 2.24) is 0 Å². The number of hydrogen-bond acceptors (Lipinski definition) is 4. The van der Waals surface area contributed by atoms with Gasteiger partial charge in [0.05, 0.1) is 12.2 Å². The van der Waals surface area contributed by atoms with Gasteiger partial charge in [0.15, 0.2) is 23.1 Å². The average Bonchev–Trinajstić information content (AvgIpc) is 3.13. The van der Waals surface area contributed by atoms with Gasteiger partial charge in [-0.15, -0.1) is 6.58 Å². The highest BCUT2D eigenvalue weighted by atomic mass is 16.5. The summed E-state index contributed by atoms with van der Waals surface area (Å²) in [6.45, 7) is 6.62. The number of ketones is 2. The molecule has 0 bridgehead atoms. The summed E-state index contributed by atoms with van der Waals surface area (Å²) in [5, 5.41) is 2.34. The molecule has 0 heterocycles. The monoisotopic (exact) mass is 474 g/mol. The van der Waals surface area contributed by atoms with Gasteiger partial charge >= 0.3 is 0 Å². The van der Waals surface area contributed by atoms with Gasteiger partial charge in [-0.2, -0.15) is 0 Å². The molecule has 0 radical (unpaired) electrons. The molecule has 0 atom stereocenters.